The summed E-state index contributed by atoms with van der Waals surface area (Å²) in [6.07, 6.45) is 2.17. The van der Waals surface area contributed by atoms with Crippen molar-refractivity contribution in [3.8, 4) is 23.1 Å². The number of aliphatic hydroxyl groups is 1. The summed E-state index contributed by atoms with van der Waals surface area (Å²) in [5.74, 6) is -0.979. The zero-order valence-corrected chi connectivity index (χ0v) is 29.0. The number of rotatable bonds is 4. The van der Waals surface area contributed by atoms with Gasteiger partial charge in [0.1, 0.15) is 28.8 Å². The lowest BCUT2D eigenvalue weighted by Crippen LogP contribution is -2.71. The molecule has 4 aliphatic rings. The first kappa shape index (κ1) is 33.3. The van der Waals surface area contributed by atoms with Crippen LogP contribution in [-0.2, 0) is 14.2 Å². The van der Waals surface area contributed by atoms with Crippen LogP contribution >= 0.6 is 0 Å². The molecular formula is C41H40N2O8. The third-order valence-electron chi connectivity index (χ3n) is 12.2. The van der Waals surface area contributed by atoms with E-state index in [9.17, 15) is 20.0 Å². The van der Waals surface area contributed by atoms with Crippen molar-refractivity contribution in [3.05, 3.63) is 117 Å². The number of ether oxygens (including phenoxy) is 4. The number of carbonyl (C=O) groups is 1. The van der Waals surface area contributed by atoms with Gasteiger partial charge in [0.05, 0.1) is 36.0 Å². The zero-order valence-electron chi connectivity index (χ0n) is 29.0. The van der Waals surface area contributed by atoms with Gasteiger partial charge < -0.3 is 28.5 Å². The Morgan fingerprint density at radius 3 is 2.53 bits per heavy atom. The summed E-state index contributed by atoms with van der Waals surface area (Å²) in [6.45, 7) is 8.61. The van der Waals surface area contributed by atoms with Crippen LogP contribution in [0.3, 0.4) is 0 Å². The summed E-state index contributed by atoms with van der Waals surface area (Å²) in [6, 6.07) is 21.6. The predicted octanol–water partition coefficient (Wildman–Crippen LogP) is 6.85. The Kier molecular flexibility index (Phi) is 7.94. The molecule has 2 aliphatic carbocycles. The Balaban J connectivity index is 1.20. The highest BCUT2D eigenvalue weighted by atomic mass is 16.7. The zero-order chi connectivity index (χ0) is 35.7. The van der Waals surface area contributed by atoms with Gasteiger partial charge in [0.15, 0.2) is 6.29 Å². The summed E-state index contributed by atoms with van der Waals surface area (Å²) in [5, 5.41) is 21.7. The summed E-state index contributed by atoms with van der Waals surface area (Å²) in [4.78, 5) is 31.7. The molecule has 2 saturated carbocycles. The number of pyridine rings is 1. The van der Waals surface area contributed by atoms with E-state index in [-0.39, 0.29) is 34.7 Å². The van der Waals surface area contributed by atoms with Crippen LogP contribution in [-0.4, -0.2) is 40.5 Å². The Morgan fingerprint density at radius 2 is 1.82 bits per heavy atom. The molecule has 262 valence electrons. The number of nitriles is 1. The third-order valence-corrected chi connectivity index (χ3v) is 12.2. The molecule has 51 heavy (non-hydrogen) atoms. The molecule has 0 bridgehead atoms. The molecule has 4 heterocycles. The van der Waals surface area contributed by atoms with E-state index in [2.05, 4.69) is 24.9 Å². The van der Waals surface area contributed by atoms with Crippen molar-refractivity contribution >= 4 is 5.97 Å². The van der Waals surface area contributed by atoms with Crippen molar-refractivity contribution in [2.75, 3.05) is 6.61 Å². The predicted molar refractivity (Wildman–Crippen MR) is 184 cm³/mol. The van der Waals surface area contributed by atoms with Crippen LogP contribution in [0.1, 0.15) is 85.0 Å². The Bertz CT molecular complexity index is 2080. The Hall–Kier alpha value is -4.82. The number of esters is 1. The van der Waals surface area contributed by atoms with Gasteiger partial charge in [-0.2, -0.15) is 5.26 Å². The minimum absolute atomic E-state index is 0.0482. The van der Waals surface area contributed by atoms with Gasteiger partial charge in [0.2, 0.25) is 0 Å². The van der Waals surface area contributed by atoms with Crippen LogP contribution in [0.15, 0.2) is 88.3 Å². The van der Waals surface area contributed by atoms with Crippen molar-refractivity contribution in [1.82, 2.24) is 4.98 Å². The van der Waals surface area contributed by atoms with Crippen molar-refractivity contribution < 1.29 is 33.3 Å². The maximum atomic E-state index is 13.8. The molecule has 1 saturated heterocycles. The maximum absolute atomic E-state index is 13.8. The second kappa shape index (κ2) is 12.2. The quantitative estimate of drug-likeness (QED) is 0.226. The fourth-order valence-electron chi connectivity index (χ4n) is 9.63. The van der Waals surface area contributed by atoms with Crippen molar-refractivity contribution in [3.63, 3.8) is 0 Å². The van der Waals surface area contributed by atoms with E-state index in [0.29, 0.717) is 37.0 Å². The molecule has 0 radical (unpaired) electrons. The van der Waals surface area contributed by atoms with Gasteiger partial charge in [-0.15, -0.1) is 0 Å². The average molecular weight is 689 g/mol. The monoisotopic (exact) mass is 688 g/mol. The lowest BCUT2D eigenvalue weighted by Gasteiger charge is -2.67. The fraction of sp³-hybridized carbons (Fsp3) is 0.415. The molecule has 2 aromatic heterocycles. The number of nitrogens with zero attached hydrogens (tertiary/aromatic N) is 2. The van der Waals surface area contributed by atoms with Gasteiger partial charge in [0, 0.05) is 40.9 Å². The van der Waals surface area contributed by atoms with Gasteiger partial charge in [0.25, 0.3) is 0 Å². The number of fused-ring (bicyclic) bond motifs is 6. The Labute approximate surface area is 296 Å². The molecule has 0 amide bonds. The normalized spacial score (nSPS) is 33.6. The molecule has 10 heteroatoms. The standard InChI is InChI=1S/C41H40N2O8/c1-23-7-11-26(12-8-23)38-47-22-40(3)30-19-32(49-36(45)25-13-9-24(20-42)10-14-25)41(4)35(39(30,2)16-15-31(40)50-38)34(44)33-29(51-41)18-28(48-37(33)46)27-6-5-17-43-21-27/h5-14,17-18,21,30-32,34-35,38,44H,15-16,19,22H2,1-4H3/t30?,31-,32-,34-,35?,38+,39-,40?,41+/m0/s1. The molecule has 2 aliphatic heterocycles. The van der Waals surface area contributed by atoms with Crippen molar-refractivity contribution in [2.24, 2.45) is 22.7 Å². The van der Waals surface area contributed by atoms with E-state index in [0.717, 1.165) is 11.1 Å². The van der Waals surface area contributed by atoms with Crippen molar-refractivity contribution in [1.29, 1.82) is 5.26 Å². The Morgan fingerprint density at radius 1 is 1.06 bits per heavy atom. The molecule has 3 fully saturated rings. The number of aromatic nitrogens is 1. The summed E-state index contributed by atoms with van der Waals surface area (Å²) >= 11 is 0. The van der Waals surface area contributed by atoms with Gasteiger partial charge in [-0.25, -0.2) is 9.59 Å². The topological polar surface area (TPSA) is 141 Å². The highest BCUT2D eigenvalue weighted by Crippen LogP contribution is 2.68. The fourth-order valence-corrected chi connectivity index (χ4v) is 9.63. The number of aliphatic hydroxyl groups excluding tert-OH is 1. The number of benzene rings is 2. The highest BCUT2D eigenvalue weighted by molar-refractivity contribution is 5.89. The second-order valence-corrected chi connectivity index (χ2v) is 15.2. The van der Waals surface area contributed by atoms with Crippen LogP contribution in [0, 0.1) is 40.9 Å². The van der Waals surface area contributed by atoms with Gasteiger partial charge in [-0.1, -0.05) is 43.7 Å². The maximum Gasteiger partial charge on any atom is 0.345 e. The first-order chi connectivity index (χ1) is 24.4. The van der Waals surface area contributed by atoms with Crippen LogP contribution in [0.4, 0.5) is 0 Å². The molecule has 8 rings (SSSR count). The van der Waals surface area contributed by atoms with Gasteiger partial charge in [-0.3, -0.25) is 4.98 Å². The number of aryl methyl sites for hydroxylation is 1. The number of carbonyl (C=O) groups excluding carboxylic acids is 1. The molecule has 4 aromatic rings. The largest absolute Gasteiger partial charge is 0.482 e. The van der Waals surface area contributed by atoms with Gasteiger partial charge >= 0.3 is 11.6 Å². The molecule has 3 unspecified atom stereocenters. The highest BCUT2D eigenvalue weighted by Gasteiger charge is 2.71. The third kappa shape index (κ3) is 5.29. The molecular weight excluding hydrogens is 648 g/mol. The molecule has 1 N–H and O–H groups in total. The first-order valence-electron chi connectivity index (χ1n) is 17.4. The lowest BCUT2D eigenvalue weighted by atomic mass is 9.42. The van der Waals surface area contributed by atoms with Crippen LogP contribution in [0.5, 0.6) is 5.75 Å². The molecule has 2 aromatic carbocycles. The summed E-state index contributed by atoms with van der Waals surface area (Å²) < 4.78 is 32.2. The van der Waals surface area contributed by atoms with Crippen LogP contribution in [0.25, 0.3) is 11.3 Å². The summed E-state index contributed by atoms with van der Waals surface area (Å²) in [5.41, 5.74) is 0.387. The molecule has 0 spiro atoms. The van der Waals surface area contributed by atoms with E-state index in [1.165, 1.54) is 0 Å². The SMILES string of the molecule is Cc1ccc([C@@H]2OCC3(C)C4C[C@H](OC(=O)c5ccc(C#N)cc5)[C@@]5(C)Oc6cc(-c7cccnc7)oc(=O)c6[C@H](O)C5[C@@]4(C)CC[C@@H]3O2)cc1. The van der Waals surface area contributed by atoms with E-state index in [1.54, 1.807) is 54.9 Å². The van der Waals surface area contributed by atoms with Gasteiger partial charge in [-0.05, 0) is 80.8 Å². The van der Waals surface area contributed by atoms with Crippen molar-refractivity contribution in [2.45, 2.75) is 77.2 Å². The van der Waals surface area contributed by atoms with Crippen LogP contribution < -0.4 is 10.4 Å². The number of hydrogen-bond acceptors (Lipinski definition) is 10. The van der Waals surface area contributed by atoms with E-state index in [4.69, 9.17) is 23.4 Å². The number of hydrogen-bond donors (Lipinski definition) is 1. The summed E-state index contributed by atoms with van der Waals surface area (Å²) in [7, 11) is 0. The van der Waals surface area contributed by atoms with E-state index >= 15 is 0 Å². The minimum Gasteiger partial charge on any atom is -0.482 e. The van der Waals surface area contributed by atoms with E-state index < -0.39 is 52.4 Å². The first-order valence-corrected chi connectivity index (χ1v) is 17.4. The van der Waals surface area contributed by atoms with Crippen LogP contribution in [0.2, 0.25) is 0 Å². The minimum atomic E-state index is -1.28. The smallest absolute Gasteiger partial charge is 0.345 e. The average Bonchev–Trinajstić information content (AvgIpc) is 3.12. The molecule has 9 atom stereocenters. The lowest BCUT2D eigenvalue weighted by molar-refractivity contribution is -0.330. The molecule has 10 nitrogen and oxygen atoms in total. The second-order valence-electron chi connectivity index (χ2n) is 15.2. The van der Waals surface area contributed by atoms with E-state index in [1.807, 2.05) is 38.1 Å².